The monoisotopic (exact) mass is 197 g/mol. The van der Waals surface area contributed by atoms with E-state index in [0.717, 1.165) is 11.5 Å². The zero-order valence-electron chi connectivity index (χ0n) is 7.12. The highest BCUT2D eigenvalue weighted by Gasteiger charge is 2.06. The highest BCUT2D eigenvalue weighted by Crippen LogP contribution is 2.01. The molecular weight excluding hydrogens is 182 g/mol. The fourth-order valence-corrected chi connectivity index (χ4v) is 2.29. The third-order valence-corrected chi connectivity index (χ3v) is 2.96. The smallest absolute Gasteiger partial charge is 0.208 e. The van der Waals surface area contributed by atoms with Crippen LogP contribution >= 0.6 is 11.8 Å². The van der Waals surface area contributed by atoms with Gasteiger partial charge < -0.3 is 0 Å². The highest BCUT2D eigenvalue weighted by molar-refractivity contribution is 7.99. The van der Waals surface area contributed by atoms with E-state index in [2.05, 4.69) is 11.6 Å². The summed E-state index contributed by atoms with van der Waals surface area (Å²) in [6.07, 6.45) is 1.18. The molecule has 0 aromatic heterocycles. The van der Waals surface area contributed by atoms with Crippen molar-refractivity contribution in [1.82, 2.24) is 4.72 Å². The van der Waals surface area contributed by atoms with Gasteiger partial charge in [-0.05, 0) is 12.7 Å². The van der Waals surface area contributed by atoms with Crippen molar-refractivity contribution in [2.24, 2.45) is 0 Å². The summed E-state index contributed by atoms with van der Waals surface area (Å²) in [5, 5.41) is 0. The van der Waals surface area contributed by atoms with E-state index in [1.54, 1.807) is 11.8 Å². The Balaban J connectivity index is 3.61. The van der Waals surface area contributed by atoms with Crippen LogP contribution in [0.3, 0.4) is 0 Å². The number of nitrogens with one attached hydrogen (secondary N) is 1. The van der Waals surface area contributed by atoms with Crippen molar-refractivity contribution in [2.45, 2.75) is 19.9 Å². The van der Waals surface area contributed by atoms with E-state index in [1.165, 1.54) is 6.26 Å². The molecule has 0 spiro atoms. The summed E-state index contributed by atoms with van der Waals surface area (Å²) in [5.74, 6) is 1.86. The molecule has 0 saturated heterocycles. The largest absolute Gasteiger partial charge is 0.213 e. The Morgan fingerprint density at radius 2 is 2.09 bits per heavy atom. The molecule has 68 valence electrons. The lowest BCUT2D eigenvalue weighted by molar-refractivity contribution is 0.577. The molecule has 3 nitrogen and oxygen atoms in total. The molecule has 11 heavy (non-hydrogen) atoms. The van der Waals surface area contributed by atoms with Crippen LogP contribution in [0.25, 0.3) is 0 Å². The van der Waals surface area contributed by atoms with Gasteiger partial charge in [0.1, 0.15) is 0 Å². The Hall–Kier alpha value is 0.260. The van der Waals surface area contributed by atoms with Crippen LogP contribution in [0.4, 0.5) is 0 Å². The van der Waals surface area contributed by atoms with Gasteiger partial charge in [-0.3, -0.25) is 0 Å². The second-order valence-electron chi connectivity index (χ2n) is 2.45. The Morgan fingerprint density at radius 3 is 2.45 bits per heavy atom. The SMILES string of the molecule is CCSCC(C)NS(C)(=O)=O. The predicted molar refractivity (Wildman–Crippen MR) is 50.4 cm³/mol. The molecular formula is C6H15NO2S2. The number of hydrogen-bond acceptors (Lipinski definition) is 3. The standard InChI is InChI=1S/C6H15NO2S2/c1-4-10-5-6(2)7-11(3,8)9/h6-7H,4-5H2,1-3H3. The van der Waals surface area contributed by atoms with Crippen LogP contribution in [0, 0.1) is 0 Å². The highest BCUT2D eigenvalue weighted by atomic mass is 32.2. The molecule has 0 aromatic rings. The molecule has 0 fully saturated rings. The van der Waals surface area contributed by atoms with Crippen molar-refractivity contribution in [3.05, 3.63) is 0 Å². The average molecular weight is 197 g/mol. The van der Waals surface area contributed by atoms with Gasteiger partial charge in [0.15, 0.2) is 0 Å². The summed E-state index contributed by atoms with van der Waals surface area (Å²) in [7, 11) is -3.02. The summed E-state index contributed by atoms with van der Waals surface area (Å²) in [6.45, 7) is 3.92. The van der Waals surface area contributed by atoms with Gasteiger partial charge in [0.25, 0.3) is 0 Å². The Bertz CT molecular complexity index is 189. The molecule has 1 N–H and O–H groups in total. The van der Waals surface area contributed by atoms with Gasteiger partial charge in [-0.2, -0.15) is 11.8 Å². The maximum atomic E-state index is 10.7. The molecule has 0 heterocycles. The molecule has 0 aliphatic heterocycles. The van der Waals surface area contributed by atoms with Crippen molar-refractivity contribution < 1.29 is 8.42 Å². The summed E-state index contributed by atoms with van der Waals surface area (Å²) < 4.78 is 23.9. The molecule has 0 aromatic carbocycles. The summed E-state index contributed by atoms with van der Waals surface area (Å²) >= 11 is 1.73. The Morgan fingerprint density at radius 1 is 1.55 bits per heavy atom. The summed E-state index contributed by atoms with van der Waals surface area (Å²) in [6, 6.07) is 0.0370. The van der Waals surface area contributed by atoms with Gasteiger partial charge >= 0.3 is 0 Å². The lowest BCUT2D eigenvalue weighted by Gasteiger charge is -2.10. The Kier molecular flexibility index (Phi) is 5.12. The van der Waals surface area contributed by atoms with Gasteiger partial charge in [0.2, 0.25) is 10.0 Å². The zero-order valence-corrected chi connectivity index (χ0v) is 8.76. The minimum atomic E-state index is -3.02. The van der Waals surface area contributed by atoms with Crippen LogP contribution in [0.2, 0.25) is 0 Å². The third kappa shape index (κ3) is 8.16. The second-order valence-corrected chi connectivity index (χ2v) is 5.55. The van der Waals surface area contributed by atoms with Crippen molar-refractivity contribution in [2.75, 3.05) is 17.8 Å². The quantitative estimate of drug-likeness (QED) is 0.705. The van der Waals surface area contributed by atoms with Crippen LogP contribution < -0.4 is 4.72 Å². The molecule has 1 atom stereocenters. The van der Waals surface area contributed by atoms with Gasteiger partial charge in [-0.1, -0.05) is 6.92 Å². The summed E-state index contributed by atoms with van der Waals surface area (Å²) in [5.41, 5.74) is 0. The van der Waals surface area contributed by atoms with Gasteiger partial charge in [-0.25, -0.2) is 13.1 Å². The molecule has 0 aliphatic rings. The third-order valence-electron chi connectivity index (χ3n) is 0.987. The van der Waals surface area contributed by atoms with Gasteiger partial charge in [0.05, 0.1) is 6.26 Å². The molecule has 0 saturated carbocycles. The van der Waals surface area contributed by atoms with E-state index < -0.39 is 10.0 Å². The topological polar surface area (TPSA) is 46.2 Å². The Labute approximate surface area is 73.0 Å². The van der Waals surface area contributed by atoms with Gasteiger partial charge in [0, 0.05) is 11.8 Å². The van der Waals surface area contributed by atoms with Crippen molar-refractivity contribution >= 4 is 21.8 Å². The normalized spacial score (nSPS) is 14.8. The zero-order chi connectivity index (χ0) is 8.91. The fraction of sp³-hybridized carbons (Fsp3) is 1.00. The average Bonchev–Trinajstić information content (AvgIpc) is 1.79. The van der Waals surface area contributed by atoms with Crippen molar-refractivity contribution in [3.63, 3.8) is 0 Å². The minimum absolute atomic E-state index is 0.0370. The van der Waals surface area contributed by atoms with Crippen LogP contribution in [0.15, 0.2) is 0 Å². The maximum absolute atomic E-state index is 10.7. The lowest BCUT2D eigenvalue weighted by atomic mass is 10.4. The second kappa shape index (κ2) is 5.00. The number of hydrogen-bond donors (Lipinski definition) is 1. The number of sulfonamides is 1. The van der Waals surface area contributed by atoms with E-state index in [4.69, 9.17) is 0 Å². The van der Waals surface area contributed by atoms with E-state index in [1.807, 2.05) is 6.92 Å². The first-order valence-corrected chi connectivity index (χ1v) is 6.55. The van der Waals surface area contributed by atoms with Crippen LogP contribution in [0.5, 0.6) is 0 Å². The van der Waals surface area contributed by atoms with Crippen LogP contribution in [-0.4, -0.2) is 32.2 Å². The number of rotatable bonds is 5. The van der Waals surface area contributed by atoms with E-state index >= 15 is 0 Å². The predicted octanol–water partition coefficient (Wildman–Crippen LogP) is 0.677. The van der Waals surface area contributed by atoms with Crippen LogP contribution in [0.1, 0.15) is 13.8 Å². The molecule has 0 bridgehead atoms. The summed E-state index contributed by atoms with van der Waals surface area (Å²) in [4.78, 5) is 0. The van der Waals surface area contributed by atoms with E-state index in [-0.39, 0.29) is 6.04 Å². The van der Waals surface area contributed by atoms with Crippen LogP contribution in [-0.2, 0) is 10.0 Å². The molecule has 0 radical (unpaired) electrons. The van der Waals surface area contributed by atoms with E-state index in [9.17, 15) is 8.42 Å². The fourth-order valence-electron chi connectivity index (χ4n) is 0.694. The number of thioether (sulfide) groups is 1. The molecule has 1 unspecified atom stereocenters. The minimum Gasteiger partial charge on any atom is -0.213 e. The first-order valence-electron chi connectivity index (χ1n) is 3.50. The van der Waals surface area contributed by atoms with Crippen molar-refractivity contribution in [1.29, 1.82) is 0 Å². The van der Waals surface area contributed by atoms with E-state index in [0.29, 0.717) is 0 Å². The maximum Gasteiger partial charge on any atom is 0.208 e. The molecule has 5 heteroatoms. The molecule has 0 amide bonds. The lowest BCUT2D eigenvalue weighted by Crippen LogP contribution is -2.33. The first kappa shape index (κ1) is 11.3. The van der Waals surface area contributed by atoms with Crippen molar-refractivity contribution in [3.8, 4) is 0 Å². The molecule has 0 rings (SSSR count). The molecule has 0 aliphatic carbocycles. The first-order chi connectivity index (χ1) is 4.95. The van der Waals surface area contributed by atoms with Gasteiger partial charge in [-0.15, -0.1) is 0 Å².